The summed E-state index contributed by atoms with van der Waals surface area (Å²) in [5.41, 5.74) is 1.55. The van der Waals surface area contributed by atoms with Crippen LogP contribution in [0.3, 0.4) is 0 Å². The van der Waals surface area contributed by atoms with E-state index in [1.807, 2.05) is 25.3 Å². The van der Waals surface area contributed by atoms with Crippen LogP contribution in [0.15, 0.2) is 47.3 Å². The molecule has 2 heterocycles. The molecule has 17 unspecified atom stereocenters. The van der Waals surface area contributed by atoms with Crippen LogP contribution in [-0.4, -0.2) is 97.0 Å². The minimum absolute atomic E-state index is 0.0984. The highest BCUT2D eigenvalue weighted by atomic mass is 16.5. The van der Waals surface area contributed by atoms with Gasteiger partial charge in [-0.05, 0) is 117 Å². The van der Waals surface area contributed by atoms with Gasteiger partial charge in [0, 0.05) is 30.0 Å². The van der Waals surface area contributed by atoms with Gasteiger partial charge in [-0.15, -0.1) is 0 Å². The molecule has 0 amide bonds. The van der Waals surface area contributed by atoms with E-state index < -0.39 is 63.9 Å². The third kappa shape index (κ3) is 5.38. The van der Waals surface area contributed by atoms with Crippen LogP contribution in [0, 0.1) is 52.3 Å². The van der Waals surface area contributed by atoms with Crippen LogP contribution >= 0.6 is 0 Å². The zero-order valence-corrected chi connectivity index (χ0v) is 31.9. The molecule has 6 aliphatic carbocycles. The monoisotopic (exact) mass is 737 g/mol. The number of dihydropyridines is 1. The van der Waals surface area contributed by atoms with Crippen molar-refractivity contribution in [1.29, 1.82) is 0 Å². The normalized spacial score (nSPS) is 50.7. The van der Waals surface area contributed by atoms with Crippen molar-refractivity contribution in [3.63, 3.8) is 0 Å². The summed E-state index contributed by atoms with van der Waals surface area (Å²) in [6.45, 7) is 8.26. The van der Waals surface area contributed by atoms with E-state index in [4.69, 9.17) is 10.5 Å². The summed E-state index contributed by atoms with van der Waals surface area (Å²) in [5, 5.41) is 79.1. The Morgan fingerprint density at radius 2 is 1.87 bits per heavy atom. The van der Waals surface area contributed by atoms with Crippen LogP contribution in [0.25, 0.3) is 0 Å². The maximum Gasteiger partial charge on any atom is 0.182 e. The third-order valence-electron chi connectivity index (χ3n) is 16.2. The smallest absolute Gasteiger partial charge is 0.182 e. The van der Waals surface area contributed by atoms with Crippen molar-refractivity contribution in [2.75, 3.05) is 13.2 Å². The van der Waals surface area contributed by atoms with E-state index in [-0.39, 0.29) is 67.3 Å². The van der Waals surface area contributed by atoms with Gasteiger partial charge in [0.25, 0.3) is 0 Å². The Hall–Kier alpha value is -2.09. The number of aliphatic hydroxyl groups excluding tert-OH is 3. The largest absolute Gasteiger partial charge is 0.392 e. The molecule has 53 heavy (non-hydrogen) atoms. The second-order valence-corrected chi connectivity index (χ2v) is 19.1. The van der Waals surface area contributed by atoms with Gasteiger partial charge in [0.1, 0.15) is 5.60 Å². The molecule has 0 bridgehead atoms. The van der Waals surface area contributed by atoms with Crippen molar-refractivity contribution >= 4 is 5.78 Å². The zero-order chi connectivity index (χ0) is 37.9. The number of hydrogen-bond donors (Lipinski definition) is 9. The van der Waals surface area contributed by atoms with Gasteiger partial charge < -0.3 is 51.7 Å². The average molecular weight is 738 g/mol. The maximum absolute atomic E-state index is 15.1. The molecule has 4 saturated carbocycles. The number of carbonyl (C=O) groups is 1. The Bertz CT molecular complexity index is 1610. The van der Waals surface area contributed by atoms with E-state index in [1.54, 1.807) is 13.8 Å². The van der Waals surface area contributed by atoms with Crippen molar-refractivity contribution in [2.24, 2.45) is 58.0 Å². The lowest BCUT2D eigenvalue weighted by molar-refractivity contribution is -0.250. The Kier molecular flexibility index (Phi) is 9.26. The highest BCUT2D eigenvalue weighted by Gasteiger charge is 2.75. The SMILES string of the molecule is CC(O)CNC1=C2C3C(C=CC(C4=CNC(N)C=C4)CC34CC(O)C(O)CC4C1=O)CC1(C)C(C(C)(O)C3(O)CCCCC4C(C)COC43)CCC21O. The van der Waals surface area contributed by atoms with Crippen molar-refractivity contribution in [3.8, 4) is 0 Å². The summed E-state index contributed by atoms with van der Waals surface area (Å²) in [6, 6.07) is 0. The van der Waals surface area contributed by atoms with E-state index in [9.17, 15) is 30.6 Å². The van der Waals surface area contributed by atoms with Gasteiger partial charge in [0.15, 0.2) is 5.78 Å². The van der Waals surface area contributed by atoms with Crippen molar-refractivity contribution in [1.82, 2.24) is 10.6 Å². The van der Waals surface area contributed by atoms with Crippen LogP contribution in [-0.2, 0) is 9.53 Å². The van der Waals surface area contributed by atoms with Gasteiger partial charge in [-0.3, -0.25) is 4.79 Å². The molecule has 17 atom stereocenters. The zero-order valence-electron chi connectivity index (χ0n) is 31.9. The number of rotatable bonds is 6. The first-order chi connectivity index (χ1) is 25.0. The first-order valence-corrected chi connectivity index (χ1v) is 20.4. The summed E-state index contributed by atoms with van der Waals surface area (Å²) in [5.74, 6) is -1.66. The standard InChI is InChI=1S/C42H63N3O8/c1-22-21-53-37-27(22)7-5-6-13-42(37,52)39(4,50)31-12-14-41(51)34-33-25(16-38(31,41)3)9-8-24(26-10-11-32(43)44-20-26)17-40(33)18-30(48)29(47)15-28(40)36(49)35(34)45-19-23(2)46/h8-11,20,22-25,27-33,37,44-48,50-52H,5-7,12-19,21,43H2,1-4H3. The fraction of sp³-hybridized carbons (Fsp3) is 0.786. The summed E-state index contributed by atoms with van der Waals surface area (Å²) in [4.78, 5) is 15.1. The third-order valence-corrected chi connectivity index (χ3v) is 16.2. The Morgan fingerprint density at radius 3 is 2.58 bits per heavy atom. The maximum atomic E-state index is 15.1. The topological polar surface area (TPSA) is 198 Å². The van der Waals surface area contributed by atoms with Crippen LogP contribution < -0.4 is 16.4 Å². The number of ether oxygens (including phenoxy) is 1. The van der Waals surface area contributed by atoms with Gasteiger partial charge in [0.05, 0.1) is 54.1 Å². The van der Waals surface area contributed by atoms with Gasteiger partial charge in [-0.25, -0.2) is 0 Å². The quantitative estimate of drug-likeness (QED) is 0.182. The summed E-state index contributed by atoms with van der Waals surface area (Å²) < 4.78 is 6.37. The molecule has 10 N–H and O–H groups in total. The van der Waals surface area contributed by atoms with Crippen LogP contribution in [0.5, 0.6) is 0 Å². The number of carbonyl (C=O) groups excluding carboxylic acids is 1. The number of Topliss-reactive ketones (excluding diaryl/α,β-unsaturated/α-hetero) is 1. The molecule has 5 fully saturated rings. The fourth-order valence-electron chi connectivity index (χ4n) is 13.6. The van der Waals surface area contributed by atoms with Crippen molar-refractivity contribution < 1.29 is 40.2 Å². The number of nitrogens with one attached hydrogen (secondary N) is 2. The lowest BCUT2D eigenvalue weighted by Crippen LogP contribution is -2.69. The second kappa shape index (κ2) is 13.0. The molecule has 8 aliphatic rings. The lowest BCUT2D eigenvalue weighted by Gasteiger charge is -2.64. The first-order valence-electron chi connectivity index (χ1n) is 20.4. The predicted molar refractivity (Wildman–Crippen MR) is 198 cm³/mol. The highest BCUT2D eigenvalue weighted by Crippen LogP contribution is 2.73. The minimum atomic E-state index is -1.63. The number of aliphatic hydroxyl groups is 6. The van der Waals surface area contributed by atoms with Crippen molar-refractivity contribution in [2.45, 2.75) is 139 Å². The molecule has 1 saturated heterocycles. The Morgan fingerprint density at radius 1 is 1.09 bits per heavy atom. The molecule has 0 aromatic carbocycles. The van der Waals surface area contributed by atoms with Crippen LogP contribution in [0.1, 0.15) is 91.9 Å². The molecule has 2 aliphatic heterocycles. The highest BCUT2D eigenvalue weighted by molar-refractivity contribution is 6.00. The number of hydrogen-bond acceptors (Lipinski definition) is 11. The van der Waals surface area contributed by atoms with Gasteiger partial charge in [0.2, 0.25) is 0 Å². The van der Waals surface area contributed by atoms with E-state index in [2.05, 4.69) is 29.7 Å². The van der Waals surface area contributed by atoms with E-state index in [1.165, 1.54) is 0 Å². The molecule has 11 heteroatoms. The Labute approximate surface area is 313 Å². The van der Waals surface area contributed by atoms with E-state index in [0.717, 1.165) is 24.8 Å². The van der Waals surface area contributed by atoms with Crippen molar-refractivity contribution in [3.05, 3.63) is 47.3 Å². The molecular formula is C42H63N3O8. The number of nitrogens with two attached hydrogens (primary N) is 1. The lowest BCUT2D eigenvalue weighted by atomic mass is 9.41. The molecule has 0 aromatic heterocycles. The fourth-order valence-corrected chi connectivity index (χ4v) is 13.6. The molecule has 0 radical (unpaired) electrons. The van der Waals surface area contributed by atoms with E-state index >= 15 is 4.79 Å². The number of allylic oxidation sites excluding steroid dienone is 5. The molecular weight excluding hydrogens is 674 g/mol. The molecule has 294 valence electrons. The summed E-state index contributed by atoms with van der Waals surface area (Å²) >= 11 is 0. The minimum Gasteiger partial charge on any atom is -0.392 e. The number of fused-ring (bicyclic) bond motifs is 3. The van der Waals surface area contributed by atoms with E-state index in [0.29, 0.717) is 43.6 Å². The molecule has 0 aromatic rings. The predicted octanol–water partition coefficient (Wildman–Crippen LogP) is 2.31. The molecule has 8 rings (SSSR count). The van der Waals surface area contributed by atoms with Gasteiger partial charge >= 0.3 is 0 Å². The molecule has 1 spiro atoms. The van der Waals surface area contributed by atoms with Crippen LogP contribution in [0.2, 0.25) is 0 Å². The number of ketones is 1. The van der Waals surface area contributed by atoms with Crippen LogP contribution in [0.4, 0.5) is 0 Å². The second-order valence-electron chi connectivity index (χ2n) is 19.1. The molecule has 11 nitrogen and oxygen atoms in total. The van der Waals surface area contributed by atoms with Gasteiger partial charge in [-0.2, -0.15) is 0 Å². The van der Waals surface area contributed by atoms with Gasteiger partial charge in [-0.1, -0.05) is 44.9 Å². The summed E-state index contributed by atoms with van der Waals surface area (Å²) in [7, 11) is 0. The first kappa shape index (κ1) is 37.8. The summed E-state index contributed by atoms with van der Waals surface area (Å²) in [6.07, 6.45) is 11.7. The Balaban J connectivity index is 1.30. The average Bonchev–Trinajstić information content (AvgIpc) is 3.48.